The first-order valence-corrected chi connectivity index (χ1v) is 12.1. The molecule has 1 fully saturated rings. The molecule has 12 heteroatoms. The molecular weight excluding hydrogens is 515 g/mol. The van der Waals surface area contributed by atoms with Crippen LogP contribution in [0.15, 0.2) is 66.5 Å². The second-order valence-corrected chi connectivity index (χ2v) is 9.20. The van der Waals surface area contributed by atoms with Gasteiger partial charge in [-0.15, -0.1) is 0 Å². The van der Waals surface area contributed by atoms with Crippen molar-refractivity contribution in [2.75, 3.05) is 17.2 Å². The molecule has 2 aliphatic heterocycles. The lowest BCUT2D eigenvalue weighted by Gasteiger charge is -2.29. The molecule has 204 valence electrons. The fourth-order valence-electron chi connectivity index (χ4n) is 4.34. The molecule has 0 bridgehead atoms. The highest BCUT2D eigenvalue weighted by Gasteiger charge is 2.41. The fraction of sp³-hybridized carbons (Fsp3) is 0.259. The first-order chi connectivity index (χ1) is 18.4. The molecule has 2 aromatic carbocycles. The molecule has 1 atom stereocenters. The maximum atomic E-state index is 13.1. The number of benzene rings is 2. The Morgan fingerprint density at radius 1 is 1.13 bits per heavy atom. The minimum atomic E-state index is -4.53. The summed E-state index contributed by atoms with van der Waals surface area (Å²) < 4.78 is 39.3. The van der Waals surface area contributed by atoms with Gasteiger partial charge in [0.2, 0.25) is 5.91 Å². The van der Waals surface area contributed by atoms with Crippen molar-refractivity contribution in [1.29, 1.82) is 0 Å². The van der Waals surface area contributed by atoms with E-state index in [1.807, 2.05) is 0 Å². The number of imide groups is 1. The Balaban J connectivity index is 1.31. The first kappa shape index (κ1) is 27.4. The van der Waals surface area contributed by atoms with Crippen LogP contribution in [0.5, 0.6) is 0 Å². The van der Waals surface area contributed by atoms with Gasteiger partial charge in [0.05, 0.1) is 5.56 Å². The number of alkyl halides is 3. The molecule has 39 heavy (non-hydrogen) atoms. The van der Waals surface area contributed by atoms with Crippen LogP contribution in [0.4, 0.5) is 29.3 Å². The Morgan fingerprint density at radius 3 is 2.62 bits per heavy atom. The van der Waals surface area contributed by atoms with Gasteiger partial charge < -0.3 is 21.3 Å². The van der Waals surface area contributed by atoms with Gasteiger partial charge in [-0.1, -0.05) is 24.8 Å². The van der Waals surface area contributed by atoms with Crippen molar-refractivity contribution in [3.05, 3.63) is 83.2 Å². The number of hydrogen-bond acceptors (Lipinski definition) is 5. The van der Waals surface area contributed by atoms with E-state index in [2.05, 4.69) is 27.8 Å². The Hall–Kier alpha value is -4.61. The maximum Gasteiger partial charge on any atom is 0.416 e. The molecule has 2 aromatic rings. The summed E-state index contributed by atoms with van der Waals surface area (Å²) in [7, 11) is 0. The smallest absolute Gasteiger partial charge is 0.351 e. The second-order valence-electron chi connectivity index (χ2n) is 9.20. The number of urea groups is 1. The normalized spacial score (nSPS) is 17.6. The standard InChI is InChI=1S/C27H26F3N5O4/c1-15-6-8-19(13-20(15)27(28,29)30)34-26(39)31-11-10-17-4-3-5-18(12-17)33-21-14-23(36)35(25(21)38)22-9-7-16(2)32-24(22)37/h3-6,8,12-14,22,33H,2,7,9-11H2,1H3,(H,32,37)(H2,31,34,39). The molecule has 0 saturated carbocycles. The summed E-state index contributed by atoms with van der Waals surface area (Å²) >= 11 is 0. The van der Waals surface area contributed by atoms with Crippen LogP contribution in [0, 0.1) is 6.92 Å². The number of anilines is 2. The topological polar surface area (TPSA) is 120 Å². The largest absolute Gasteiger partial charge is 0.416 e. The number of allylic oxidation sites excluding steroid dienone is 1. The third-order valence-electron chi connectivity index (χ3n) is 6.29. The SMILES string of the molecule is C=C1CCC(N2C(=O)C=C(Nc3cccc(CCNC(=O)Nc4ccc(C)c(C(F)(F)F)c4)c3)C2=O)C(=O)N1. The summed E-state index contributed by atoms with van der Waals surface area (Å²) in [6.07, 6.45) is -2.24. The zero-order valence-corrected chi connectivity index (χ0v) is 20.9. The molecule has 0 aromatic heterocycles. The van der Waals surface area contributed by atoms with E-state index in [0.717, 1.165) is 22.6 Å². The van der Waals surface area contributed by atoms with Crippen LogP contribution in [0.3, 0.4) is 0 Å². The van der Waals surface area contributed by atoms with Gasteiger partial charge in [0.15, 0.2) is 0 Å². The van der Waals surface area contributed by atoms with Crippen LogP contribution in [0.25, 0.3) is 0 Å². The van der Waals surface area contributed by atoms with E-state index in [1.165, 1.54) is 19.1 Å². The van der Waals surface area contributed by atoms with Crippen LogP contribution in [-0.4, -0.2) is 41.2 Å². The van der Waals surface area contributed by atoms with E-state index in [1.54, 1.807) is 24.3 Å². The molecular formula is C27H26F3N5O4. The predicted octanol–water partition coefficient (Wildman–Crippen LogP) is 3.83. The number of hydrogen-bond donors (Lipinski definition) is 4. The Kier molecular flexibility index (Phi) is 7.75. The molecule has 1 unspecified atom stereocenters. The monoisotopic (exact) mass is 541 g/mol. The lowest BCUT2D eigenvalue weighted by atomic mass is 10.0. The number of piperidine rings is 1. The summed E-state index contributed by atoms with van der Waals surface area (Å²) in [6.45, 7) is 5.22. The van der Waals surface area contributed by atoms with Crippen LogP contribution < -0.4 is 21.3 Å². The molecule has 2 heterocycles. The van der Waals surface area contributed by atoms with Crippen molar-refractivity contribution in [3.63, 3.8) is 0 Å². The molecule has 0 aliphatic carbocycles. The number of nitrogens with one attached hydrogen (secondary N) is 4. The summed E-state index contributed by atoms with van der Waals surface area (Å²) in [4.78, 5) is 50.7. The van der Waals surface area contributed by atoms with Gasteiger partial charge in [-0.2, -0.15) is 13.2 Å². The molecule has 5 amide bonds. The Morgan fingerprint density at radius 2 is 1.90 bits per heavy atom. The van der Waals surface area contributed by atoms with Crippen LogP contribution in [0.1, 0.15) is 29.5 Å². The highest BCUT2D eigenvalue weighted by atomic mass is 19.4. The van der Waals surface area contributed by atoms with E-state index in [4.69, 9.17) is 0 Å². The van der Waals surface area contributed by atoms with E-state index in [9.17, 15) is 32.3 Å². The number of rotatable bonds is 7. The number of amides is 5. The summed E-state index contributed by atoms with van der Waals surface area (Å²) in [5.74, 6) is -1.65. The van der Waals surface area contributed by atoms with E-state index >= 15 is 0 Å². The third-order valence-corrected chi connectivity index (χ3v) is 6.29. The zero-order chi connectivity index (χ0) is 28.3. The molecule has 1 saturated heterocycles. The van der Waals surface area contributed by atoms with Gasteiger partial charge in [0.25, 0.3) is 11.8 Å². The van der Waals surface area contributed by atoms with Crippen LogP contribution >= 0.6 is 0 Å². The number of carbonyl (C=O) groups excluding carboxylic acids is 4. The van der Waals surface area contributed by atoms with E-state index < -0.39 is 41.5 Å². The maximum absolute atomic E-state index is 13.1. The average Bonchev–Trinajstić information content (AvgIpc) is 3.12. The van der Waals surface area contributed by atoms with Gasteiger partial charge in [-0.3, -0.25) is 19.3 Å². The summed E-state index contributed by atoms with van der Waals surface area (Å²) in [6, 6.07) is 8.94. The molecule has 2 aliphatic rings. The van der Waals surface area contributed by atoms with Gasteiger partial charge in [0, 0.05) is 29.7 Å². The minimum Gasteiger partial charge on any atom is -0.351 e. The highest BCUT2D eigenvalue weighted by Crippen LogP contribution is 2.33. The third kappa shape index (κ3) is 6.46. The molecule has 4 N–H and O–H groups in total. The Bertz CT molecular complexity index is 1390. The van der Waals surface area contributed by atoms with Crippen molar-refractivity contribution >= 4 is 35.1 Å². The number of halogens is 3. The van der Waals surface area contributed by atoms with Crippen molar-refractivity contribution in [3.8, 4) is 0 Å². The van der Waals surface area contributed by atoms with Gasteiger partial charge in [-0.05, 0) is 61.6 Å². The van der Waals surface area contributed by atoms with Gasteiger partial charge >= 0.3 is 12.2 Å². The number of nitrogens with zero attached hydrogens (tertiary/aromatic N) is 1. The number of aryl methyl sites for hydroxylation is 1. The average molecular weight is 542 g/mol. The lowest BCUT2D eigenvalue weighted by Crippen LogP contribution is -2.52. The minimum absolute atomic E-state index is 0.0189. The van der Waals surface area contributed by atoms with E-state index in [0.29, 0.717) is 30.6 Å². The first-order valence-electron chi connectivity index (χ1n) is 12.1. The van der Waals surface area contributed by atoms with Crippen molar-refractivity contribution in [2.24, 2.45) is 0 Å². The molecule has 0 radical (unpaired) electrons. The lowest BCUT2D eigenvalue weighted by molar-refractivity contribution is -0.146. The summed E-state index contributed by atoms with van der Waals surface area (Å²) in [5, 5.41) is 10.5. The quantitative estimate of drug-likeness (QED) is 0.397. The summed E-state index contributed by atoms with van der Waals surface area (Å²) in [5.41, 5.74) is 1.13. The predicted molar refractivity (Wildman–Crippen MR) is 137 cm³/mol. The highest BCUT2D eigenvalue weighted by molar-refractivity contribution is 6.19. The molecule has 0 spiro atoms. The number of carbonyl (C=O) groups is 4. The second kappa shape index (κ2) is 11.0. The van der Waals surface area contributed by atoms with Crippen molar-refractivity contribution in [1.82, 2.24) is 15.5 Å². The molecule has 4 rings (SSSR count). The van der Waals surface area contributed by atoms with Crippen molar-refractivity contribution in [2.45, 2.75) is 38.4 Å². The van der Waals surface area contributed by atoms with Crippen LogP contribution in [0.2, 0.25) is 0 Å². The Labute approximate surface area is 222 Å². The van der Waals surface area contributed by atoms with E-state index in [-0.39, 0.29) is 23.5 Å². The van der Waals surface area contributed by atoms with Gasteiger partial charge in [0.1, 0.15) is 11.7 Å². The zero-order valence-electron chi connectivity index (χ0n) is 20.9. The van der Waals surface area contributed by atoms with Gasteiger partial charge in [-0.25, -0.2) is 4.79 Å². The molecule has 9 nitrogen and oxygen atoms in total. The fourth-order valence-corrected chi connectivity index (χ4v) is 4.34. The van der Waals surface area contributed by atoms with Crippen LogP contribution in [-0.2, 0) is 27.0 Å². The van der Waals surface area contributed by atoms with Crippen molar-refractivity contribution < 1.29 is 32.3 Å².